The molecule has 1 saturated carbocycles. The van der Waals surface area contributed by atoms with Crippen molar-refractivity contribution >= 4 is 40.0 Å². The molecule has 3 aliphatic heterocycles. The minimum absolute atomic E-state index is 0.0913. The summed E-state index contributed by atoms with van der Waals surface area (Å²) in [6.45, 7) is 8.40. The third-order valence-corrected chi connectivity index (χ3v) is 10.4. The number of rotatable bonds is 8. The topological polar surface area (TPSA) is 141 Å². The lowest BCUT2D eigenvalue weighted by Gasteiger charge is -2.53. The monoisotopic (exact) mass is 622 g/mol. The minimum Gasteiger partial charge on any atom is -0.380 e. The van der Waals surface area contributed by atoms with Gasteiger partial charge in [0.15, 0.2) is 17.3 Å². The number of pyridine rings is 1. The first-order valence-electron chi connectivity index (χ1n) is 16.5. The smallest absolute Gasteiger partial charge is 0.271 e. The molecular weight excluding hydrogens is 580 g/mol. The molecule has 1 amide bonds. The van der Waals surface area contributed by atoms with Gasteiger partial charge in [0, 0.05) is 91.5 Å². The average molecular weight is 623 g/mol. The van der Waals surface area contributed by atoms with E-state index in [2.05, 4.69) is 54.5 Å². The fraction of sp³-hybridized carbons (Fsp3) is 0.471. The number of nitrogens with one attached hydrogen (secondary N) is 3. The number of carbonyl (C=O) groups excluding carboxylic acids is 1. The van der Waals surface area contributed by atoms with Crippen LogP contribution in [0.1, 0.15) is 36.2 Å². The van der Waals surface area contributed by atoms with Crippen LogP contribution in [0.5, 0.6) is 0 Å². The number of primary amides is 1. The van der Waals surface area contributed by atoms with Gasteiger partial charge < -0.3 is 35.9 Å². The molecule has 3 saturated heterocycles. The van der Waals surface area contributed by atoms with Gasteiger partial charge in [-0.3, -0.25) is 9.69 Å². The molecule has 1 aromatic carbocycles. The predicted octanol–water partition coefficient (Wildman–Crippen LogP) is 3.67. The fourth-order valence-corrected chi connectivity index (χ4v) is 7.63. The maximum Gasteiger partial charge on any atom is 0.271 e. The second-order valence-electron chi connectivity index (χ2n) is 13.6. The molecule has 0 bridgehead atoms. The molecule has 240 valence electrons. The lowest BCUT2D eigenvalue weighted by atomic mass is 9.64. The van der Waals surface area contributed by atoms with Crippen molar-refractivity contribution in [2.24, 2.45) is 11.1 Å². The Morgan fingerprint density at radius 2 is 1.74 bits per heavy atom. The molecule has 6 heterocycles. The van der Waals surface area contributed by atoms with Gasteiger partial charge in [-0.25, -0.2) is 15.0 Å². The molecule has 3 aromatic heterocycles. The van der Waals surface area contributed by atoms with Crippen LogP contribution < -0.4 is 21.3 Å². The number of hydrogen-bond donors (Lipinski definition) is 4. The Labute approximate surface area is 268 Å². The van der Waals surface area contributed by atoms with Crippen LogP contribution >= 0.6 is 0 Å². The van der Waals surface area contributed by atoms with Crippen molar-refractivity contribution in [2.45, 2.75) is 37.8 Å². The second-order valence-corrected chi connectivity index (χ2v) is 13.6. The molecule has 5 N–H and O–H groups in total. The van der Waals surface area contributed by atoms with Crippen LogP contribution in [0, 0.1) is 5.41 Å². The van der Waals surface area contributed by atoms with E-state index in [0.29, 0.717) is 23.4 Å². The predicted molar refractivity (Wildman–Crippen MR) is 180 cm³/mol. The van der Waals surface area contributed by atoms with Gasteiger partial charge in [-0.05, 0) is 69.1 Å². The van der Waals surface area contributed by atoms with Gasteiger partial charge in [0.25, 0.3) is 5.91 Å². The highest BCUT2D eigenvalue weighted by molar-refractivity contribution is 6.00. The number of fused-ring (bicyclic) bond motifs is 1. The van der Waals surface area contributed by atoms with Crippen LogP contribution in [0.15, 0.2) is 48.8 Å². The maximum atomic E-state index is 12.8. The number of amides is 1. The summed E-state index contributed by atoms with van der Waals surface area (Å²) < 4.78 is 5.48. The number of aromatic amines is 1. The van der Waals surface area contributed by atoms with Gasteiger partial charge in [-0.2, -0.15) is 0 Å². The van der Waals surface area contributed by atoms with E-state index in [9.17, 15) is 4.79 Å². The van der Waals surface area contributed by atoms with Crippen molar-refractivity contribution in [1.29, 1.82) is 0 Å². The Balaban J connectivity index is 1.03. The van der Waals surface area contributed by atoms with E-state index in [1.54, 1.807) is 6.20 Å². The molecule has 4 aliphatic rings. The third-order valence-electron chi connectivity index (χ3n) is 10.4. The standard InChI is InChI=1S/C34H42N10O2/c1-42-14-16-44(17-15-42)25-8-12-43(13-9-25)24-4-2-22(3-5-24)38-33-29(30(35)45)40-28(26-6-10-36-31-27(26)7-11-37-31)32(41-33)39-23-18-34(19-23)20-46-21-34/h2-7,10-11,23,25H,8-9,12-21H2,1H3,(H2,35,45)(H,36,37)(H2,38,39,41). The Bertz CT molecular complexity index is 1710. The highest BCUT2D eigenvalue weighted by Gasteiger charge is 2.50. The number of aromatic nitrogens is 4. The van der Waals surface area contributed by atoms with Crippen LogP contribution in [-0.2, 0) is 4.74 Å². The molecule has 0 atom stereocenters. The molecule has 4 fully saturated rings. The number of piperazine rings is 1. The lowest BCUT2D eigenvalue weighted by molar-refractivity contribution is -0.159. The van der Waals surface area contributed by atoms with Crippen molar-refractivity contribution < 1.29 is 9.53 Å². The summed E-state index contributed by atoms with van der Waals surface area (Å²) in [6.07, 6.45) is 7.97. The van der Waals surface area contributed by atoms with E-state index in [1.165, 1.54) is 31.6 Å². The average Bonchev–Trinajstić information content (AvgIpc) is 3.52. The van der Waals surface area contributed by atoms with Crippen molar-refractivity contribution in [1.82, 2.24) is 29.7 Å². The van der Waals surface area contributed by atoms with Crippen molar-refractivity contribution in [2.75, 3.05) is 75.1 Å². The Morgan fingerprint density at radius 1 is 0.978 bits per heavy atom. The number of anilines is 4. The molecule has 12 nitrogen and oxygen atoms in total. The molecule has 1 spiro atoms. The molecule has 46 heavy (non-hydrogen) atoms. The van der Waals surface area contributed by atoms with E-state index in [-0.39, 0.29) is 17.2 Å². The zero-order valence-corrected chi connectivity index (χ0v) is 26.3. The molecule has 0 radical (unpaired) electrons. The van der Waals surface area contributed by atoms with Gasteiger partial charge in [0.1, 0.15) is 11.3 Å². The maximum absolute atomic E-state index is 12.8. The van der Waals surface area contributed by atoms with Gasteiger partial charge in [0.05, 0.1) is 13.2 Å². The van der Waals surface area contributed by atoms with E-state index >= 15 is 0 Å². The van der Waals surface area contributed by atoms with Crippen LogP contribution in [0.3, 0.4) is 0 Å². The van der Waals surface area contributed by atoms with E-state index in [0.717, 1.165) is 74.5 Å². The summed E-state index contributed by atoms with van der Waals surface area (Å²) in [5, 5.41) is 7.89. The quantitative estimate of drug-likeness (QED) is 0.230. The molecular formula is C34H42N10O2. The highest BCUT2D eigenvalue weighted by atomic mass is 16.5. The summed E-state index contributed by atoms with van der Waals surface area (Å²) in [4.78, 5) is 37.8. The zero-order chi connectivity index (χ0) is 31.3. The first kappa shape index (κ1) is 29.2. The van der Waals surface area contributed by atoms with Crippen LogP contribution in [0.2, 0.25) is 0 Å². The van der Waals surface area contributed by atoms with Crippen molar-refractivity contribution in [3.63, 3.8) is 0 Å². The number of hydrogen-bond acceptors (Lipinski definition) is 10. The summed E-state index contributed by atoms with van der Waals surface area (Å²) in [5.74, 6) is 0.303. The third kappa shape index (κ3) is 5.54. The molecule has 0 unspecified atom stereocenters. The van der Waals surface area contributed by atoms with E-state index in [1.807, 2.05) is 30.5 Å². The lowest BCUT2D eigenvalue weighted by Crippen LogP contribution is -2.56. The Morgan fingerprint density at radius 3 is 2.43 bits per heavy atom. The number of piperidine rings is 1. The molecule has 1 aliphatic carbocycles. The fourth-order valence-electron chi connectivity index (χ4n) is 7.63. The number of ether oxygens (including phenoxy) is 1. The Hall–Kier alpha value is -4.26. The minimum atomic E-state index is -0.642. The number of likely N-dealkylation sites (N-methyl/N-ethyl adjacent to an activating group) is 1. The normalized spacial score (nSPS) is 20.8. The van der Waals surface area contributed by atoms with Crippen LogP contribution in [-0.4, -0.2) is 107 Å². The number of H-pyrrole nitrogens is 1. The molecule has 8 rings (SSSR count). The van der Waals surface area contributed by atoms with Crippen molar-refractivity contribution in [3.05, 3.63) is 54.5 Å². The van der Waals surface area contributed by atoms with Crippen molar-refractivity contribution in [3.8, 4) is 11.3 Å². The van der Waals surface area contributed by atoms with Gasteiger partial charge in [-0.1, -0.05) is 0 Å². The Kier molecular flexibility index (Phi) is 7.50. The highest BCUT2D eigenvalue weighted by Crippen LogP contribution is 2.48. The van der Waals surface area contributed by atoms with E-state index in [4.69, 9.17) is 20.4 Å². The first-order valence-corrected chi connectivity index (χ1v) is 16.5. The van der Waals surface area contributed by atoms with Gasteiger partial charge in [-0.15, -0.1) is 0 Å². The number of benzene rings is 1. The molecule has 4 aromatic rings. The molecule has 12 heteroatoms. The largest absolute Gasteiger partial charge is 0.380 e. The van der Waals surface area contributed by atoms with Gasteiger partial charge in [0.2, 0.25) is 0 Å². The van der Waals surface area contributed by atoms with Crippen LogP contribution in [0.25, 0.3) is 22.3 Å². The zero-order valence-electron chi connectivity index (χ0n) is 26.3. The number of nitrogens with zero attached hydrogens (tertiary/aromatic N) is 6. The second kappa shape index (κ2) is 11.8. The summed E-state index contributed by atoms with van der Waals surface area (Å²) in [5.41, 5.74) is 10.4. The summed E-state index contributed by atoms with van der Waals surface area (Å²) in [6, 6.07) is 13.1. The first-order chi connectivity index (χ1) is 22.4. The van der Waals surface area contributed by atoms with E-state index < -0.39 is 5.91 Å². The van der Waals surface area contributed by atoms with Crippen LogP contribution in [0.4, 0.5) is 23.0 Å². The number of nitrogens with two attached hydrogens (primary N) is 1. The van der Waals surface area contributed by atoms with Gasteiger partial charge >= 0.3 is 0 Å². The number of carbonyl (C=O) groups is 1. The summed E-state index contributed by atoms with van der Waals surface area (Å²) >= 11 is 0. The summed E-state index contributed by atoms with van der Waals surface area (Å²) in [7, 11) is 2.21. The SMILES string of the molecule is CN1CCN(C2CCN(c3ccc(Nc4nc(NC5CC6(COC6)C5)c(-c5ccnc6[nH]ccc56)nc4C(N)=O)cc3)CC2)CC1.